The number of halogens is 1. The second-order valence-corrected chi connectivity index (χ2v) is 10.5. The normalized spacial score (nSPS) is 27.5. The van der Waals surface area contributed by atoms with Gasteiger partial charge in [0.05, 0.1) is 11.5 Å². The van der Waals surface area contributed by atoms with Crippen molar-refractivity contribution in [3.8, 4) is 0 Å². The van der Waals surface area contributed by atoms with E-state index in [1.165, 1.54) is 6.92 Å². The van der Waals surface area contributed by atoms with Gasteiger partial charge in [-0.2, -0.15) is 0 Å². The van der Waals surface area contributed by atoms with Crippen LogP contribution in [0.2, 0.25) is 5.02 Å². The minimum absolute atomic E-state index is 0.356. The van der Waals surface area contributed by atoms with Gasteiger partial charge < -0.3 is 14.6 Å². The second kappa shape index (κ2) is 8.31. The maximum atomic E-state index is 13.2. The molecular formula is C23H31ClO6. The van der Waals surface area contributed by atoms with Crippen LogP contribution in [-0.2, 0) is 23.9 Å². The van der Waals surface area contributed by atoms with Crippen molar-refractivity contribution in [2.45, 2.75) is 77.6 Å². The Balaban J connectivity index is 2.62. The average molecular weight is 439 g/mol. The van der Waals surface area contributed by atoms with E-state index in [0.717, 1.165) is 0 Å². The Kier molecular flexibility index (Phi) is 6.74. The fourth-order valence-electron chi connectivity index (χ4n) is 3.83. The Morgan fingerprint density at radius 2 is 1.47 bits per heavy atom. The Morgan fingerprint density at radius 3 is 1.93 bits per heavy atom. The van der Waals surface area contributed by atoms with E-state index in [1.54, 1.807) is 65.8 Å². The molecule has 6 nitrogen and oxygen atoms in total. The zero-order valence-corrected chi connectivity index (χ0v) is 19.4. The number of rotatable bonds is 3. The van der Waals surface area contributed by atoms with Gasteiger partial charge in [-0.3, -0.25) is 14.4 Å². The highest BCUT2D eigenvalue weighted by Crippen LogP contribution is 2.47. The van der Waals surface area contributed by atoms with Crippen LogP contribution in [0.25, 0.3) is 0 Å². The third kappa shape index (κ3) is 5.82. The number of esters is 2. The molecule has 0 aliphatic heterocycles. The predicted octanol–water partition coefficient (Wildman–Crippen LogP) is 4.06. The summed E-state index contributed by atoms with van der Waals surface area (Å²) in [5.41, 5.74) is -2.79. The van der Waals surface area contributed by atoms with Crippen LogP contribution in [0.5, 0.6) is 0 Å². The predicted molar refractivity (Wildman–Crippen MR) is 113 cm³/mol. The second-order valence-electron chi connectivity index (χ2n) is 10.1. The number of ether oxygens (including phenoxy) is 2. The molecule has 1 fully saturated rings. The van der Waals surface area contributed by atoms with Crippen molar-refractivity contribution in [2.75, 3.05) is 0 Å². The molecule has 0 heterocycles. The highest BCUT2D eigenvalue weighted by Gasteiger charge is 2.57. The maximum absolute atomic E-state index is 13.2. The molecule has 7 heteroatoms. The Labute approximate surface area is 182 Å². The summed E-state index contributed by atoms with van der Waals surface area (Å²) in [6, 6.07) is 6.53. The first-order chi connectivity index (χ1) is 13.5. The van der Waals surface area contributed by atoms with Crippen molar-refractivity contribution in [2.24, 2.45) is 11.8 Å². The highest BCUT2D eigenvalue weighted by molar-refractivity contribution is 6.30. The molecule has 1 N–H and O–H groups in total. The van der Waals surface area contributed by atoms with Gasteiger partial charge in [0.2, 0.25) is 0 Å². The number of ketones is 1. The van der Waals surface area contributed by atoms with Crippen LogP contribution in [0, 0.1) is 11.8 Å². The molecule has 0 aromatic heterocycles. The smallest absolute Gasteiger partial charge is 0.317 e. The van der Waals surface area contributed by atoms with Gasteiger partial charge in [-0.05, 0) is 66.2 Å². The molecule has 1 aliphatic carbocycles. The van der Waals surface area contributed by atoms with Crippen LogP contribution >= 0.6 is 11.6 Å². The molecule has 1 saturated carbocycles. The number of aliphatic hydroxyl groups is 1. The maximum Gasteiger partial charge on any atom is 0.317 e. The molecule has 1 aliphatic rings. The molecule has 0 radical (unpaired) electrons. The monoisotopic (exact) mass is 438 g/mol. The topological polar surface area (TPSA) is 89.9 Å². The van der Waals surface area contributed by atoms with E-state index in [4.69, 9.17) is 21.1 Å². The molecule has 0 amide bonds. The summed E-state index contributed by atoms with van der Waals surface area (Å²) in [6.07, 6.45) is -0.356. The molecule has 2 rings (SSSR count). The van der Waals surface area contributed by atoms with Gasteiger partial charge in [-0.1, -0.05) is 23.7 Å². The molecular weight excluding hydrogens is 408 g/mol. The molecule has 1 aromatic rings. The van der Waals surface area contributed by atoms with Crippen molar-refractivity contribution in [1.82, 2.24) is 0 Å². The number of carbonyl (C=O) groups is 3. The van der Waals surface area contributed by atoms with E-state index >= 15 is 0 Å². The Morgan fingerprint density at radius 1 is 1.00 bits per heavy atom. The van der Waals surface area contributed by atoms with E-state index in [-0.39, 0.29) is 6.42 Å². The van der Waals surface area contributed by atoms with Crippen molar-refractivity contribution in [3.63, 3.8) is 0 Å². The minimum atomic E-state index is -1.69. The van der Waals surface area contributed by atoms with Gasteiger partial charge in [-0.15, -0.1) is 0 Å². The molecule has 30 heavy (non-hydrogen) atoms. The minimum Gasteiger partial charge on any atom is -0.460 e. The molecule has 166 valence electrons. The lowest BCUT2D eigenvalue weighted by molar-refractivity contribution is -0.182. The summed E-state index contributed by atoms with van der Waals surface area (Å²) in [4.78, 5) is 39.2. The van der Waals surface area contributed by atoms with Crippen molar-refractivity contribution in [1.29, 1.82) is 0 Å². The first-order valence-corrected chi connectivity index (χ1v) is 10.4. The summed E-state index contributed by atoms with van der Waals surface area (Å²) in [5.74, 6) is -5.22. The third-order valence-electron chi connectivity index (χ3n) is 4.84. The van der Waals surface area contributed by atoms with Crippen molar-refractivity contribution < 1.29 is 29.0 Å². The first-order valence-electron chi connectivity index (χ1n) is 9.98. The third-order valence-corrected chi connectivity index (χ3v) is 5.10. The van der Waals surface area contributed by atoms with Gasteiger partial charge >= 0.3 is 11.9 Å². The van der Waals surface area contributed by atoms with Crippen molar-refractivity contribution in [3.05, 3.63) is 34.9 Å². The number of benzene rings is 1. The van der Waals surface area contributed by atoms with E-state index < -0.39 is 52.3 Å². The van der Waals surface area contributed by atoms with Crippen LogP contribution in [0.3, 0.4) is 0 Å². The van der Waals surface area contributed by atoms with Gasteiger partial charge in [0.25, 0.3) is 0 Å². The fraction of sp³-hybridized carbons (Fsp3) is 0.609. The fourth-order valence-corrected chi connectivity index (χ4v) is 3.96. The van der Waals surface area contributed by atoms with E-state index in [0.29, 0.717) is 10.6 Å². The molecule has 4 atom stereocenters. The number of Topliss-reactive ketones (excluding diaryl/α,β-unsaturated/α-hetero) is 1. The van der Waals surface area contributed by atoms with E-state index in [2.05, 4.69) is 0 Å². The molecule has 0 bridgehead atoms. The van der Waals surface area contributed by atoms with Crippen LogP contribution < -0.4 is 0 Å². The van der Waals surface area contributed by atoms with E-state index in [1.807, 2.05) is 0 Å². The van der Waals surface area contributed by atoms with Crippen LogP contribution in [0.1, 0.15) is 66.4 Å². The molecule has 1 aromatic carbocycles. The molecule has 0 spiro atoms. The van der Waals surface area contributed by atoms with Crippen LogP contribution in [-0.4, -0.2) is 39.6 Å². The van der Waals surface area contributed by atoms with Gasteiger partial charge in [0.15, 0.2) is 5.78 Å². The highest BCUT2D eigenvalue weighted by atomic mass is 35.5. The molecule has 0 saturated heterocycles. The lowest BCUT2D eigenvalue weighted by Crippen LogP contribution is -2.56. The Bertz CT molecular complexity index is 814. The number of hydrogen-bond donors (Lipinski definition) is 1. The lowest BCUT2D eigenvalue weighted by Gasteiger charge is -2.44. The van der Waals surface area contributed by atoms with Crippen LogP contribution in [0.4, 0.5) is 0 Å². The number of hydrogen-bond acceptors (Lipinski definition) is 6. The zero-order chi connectivity index (χ0) is 23.1. The van der Waals surface area contributed by atoms with Gasteiger partial charge in [-0.25, -0.2) is 0 Å². The number of carbonyl (C=O) groups excluding carboxylic acids is 3. The summed E-state index contributed by atoms with van der Waals surface area (Å²) < 4.78 is 11.1. The van der Waals surface area contributed by atoms with E-state index in [9.17, 15) is 19.5 Å². The quantitative estimate of drug-likeness (QED) is 0.565. The summed E-state index contributed by atoms with van der Waals surface area (Å²) in [6.45, 7) is 11.7. The summed E-state index contributed by atoms with van der Waals surface area (Å²) >= 11 is 6.01. The summed E-state index contributed by atoms with van der Waals surface area (Å²) in [5, 5.41) is 11.6. The van der Waals surface area contributed by atoms with Crippen LogP contribution in [0.15, 0.2) is 24.3 Å². The van der Waals surface area contributed by atoms with Crippen molar-refractivity contribution >= 4 is 29.3 Å². The molecule has 0 unspecified atom stereocenters. The SMILES string of the molecule is CC(C)(C)OC(=O)[C@H]1C(=O)C[C@@](C)(O)[C@@H](C(=O)OC(C)(C)C)[C@@H]1c1ccc(Cl)cc1. The first kappa shape index (κ1) is 24.4. The lowest BCUT2D eigenvalue weighted by atomic mass is 9.61. The standard InChI is InChI=1S/C23H31ClO6/c1-21(2,3)29-19(26)17-15(25)12-23(7,28)18(20(27)30-22(4,5)6)16(17)13-8-10-14(24)11-9-13/h8-11,16-18,28H,12H2,1-7H3/t16-,17+,18-,23-/m1/s1. The zero-order valence-electron chi connectivity index (χ0n) is 18.6. The summed E-state index contributed by atoms with van der Waals surface area (Å²) in [7, 11) is 0. The average Bonchev–Trinajstić information content (AvgIpc) is 2.50. The largest absolute Gasteiger partial charge is 0.460 e. The van der Waals surface area contributed by atoms with Gasteiger partial charge in [0.1, 0.15) is 17.1 Å². The van der Waals surface area contributed by atoms with Gasteiger partial charge in [0, 0.05) is 17.4 Å². The Hall–Kier alpha value is -1.92.